The molecule has 0 radical (unpaired) electrons. The lowest BCUT2D eigenvalue weighted by Gasteiger charge is -2.29. The minimum atomic E-state index is -0.846. The van der Waals surface area contributed by atoms with Crippen molar-refractivity contribution in [3.8, 4) is 0 Å². The Labute approximate surface area is 214 Å². The fourth-order valence-corrected chi connectivity index (χ4v) is 4.94. The predicted molar refractivity (Wildman–Crippen MR) is 136 cm³/mol. The maximum atomic E-state index is 13.8. The zero-order valence-corrected chi connectivity index (χ0v) is 20.6. The van der Waals surface area contributed by atoms with Gasteiger partial charge in [0.1, 0.15) is 11.6 Å². The van der Waals surface area contributed by atoms with Gasteiger partial charge < -0.3 is 25.3 Å². The first-order valence-electron chi connectivity index (χ1n) is 12.8. The molecule has 8 nitrogen and oxygen atoms in total. The Bertz CT molecular complexity index is 1180. The van der Waals surface area contributed by atoms with Crippen LogP contribution in [-0.2, 0) is 4.79 Å². The van der Waals surface area contributed by atoms with Crippen LogP contribution >= 0.6 is 0 Å². The molecule has 196 valence electrons. The molecule has 3 amide bonds. The summed E-state index contributed by atoms with van der Waals surface area (Å²) in [7, 11) is 0. The van der Waals surface area contributed by atoms with Crippen LogP contribution in [0.4, 0.5) is 20.2 Å². The topological polar surface area (TPSA) is 85.0 Å². The number of hydrogen-bond donors (Lipinski definition) is 2. The summed E-state index contributed by atoms with van der Waals surface area (Å²) in [4.78, 5) is 44.5. The van der Waals surface area contributed by atoms with Gasteiger partial charge in [-0.1, -0.05) is 0 Å². The van der Waals surface area contributed by atoms with Crippen LogP contribution in [0.5, 0.6) is 0 Å². The summed E-state index contributed by atoms with van der Waals surface area (Å²) in [6, 6.07) is 7.83. The average molecular weight is 512 g/mol. The third-order valence-corrected chi connectivity index (χ3v) is 7.10. The number of anilines is 2. The van der Waals surface area contributed by atoms with Crippen molar-refractivity contribution < 1.29 is 23.2 Å². The maximum absolute atomic E-state index is 13.8. The van der Waals surface area contributed by atoms with Crippen LogP contribution < -0.4 is 15.5 Å². The summed E-state index contributed by atoms with van der Waals surface area (Å²) >= 11 is 0. The van der Waals surface area contributed by atoms with E-state index in [4.69, 9.17) is 0 Å². The Morgan fingerprint density at radius 3 is 2.24 bits per heavy atom. The molecule has 10 heteroatoms. The van der Waals surface area contributed by atoms with Crippen molar-refractivity contribution in [2.45, 2.75) is 19.3 Å². The predicted octanol–water partition coefficient (Wildman–Crippen LogP) is 2.71. The number of halogens is 2. The summed E-state index contributed by atoms with van der Waals surface area (Å²) < 4.78 is 27.5. The van der Waals surface area contributed by atoms with Crippen LogP contribution in [0.2, 0.25) is 0 Å². The first-order chi connectivity index (χ1) is 17.9. The lowest BCUT2D eigenvalue weighted by molar-refractivity contribution is -0.132. The number of hydrogen-bond acceptors (Lipinski definition) is 5. The molecule has 0 spiro atoms. The Morgan fingerprint density at radius 2 is 1.54 bits per heavy atom. The third kappa shape index (κ3) is 5.90. The SMILES string of the molecule is O=C(Nc1cc(C(=O)N2CCNCC2)ccc1N1CCCN(C(=O)C2CC2)CC1)c1cc(F)cc(F)c1. The fourth-order valence-electron chi connectivity index (χ4n) is 4.94. The van der Waals surface area contributed by atoms with E-state index in [-0.39, 0.29) is 23.3 Å². The number of amides is 3. The molecule has 2 heterocycles. The summed E-state index contributed by atoms with van der Waals surface area (Å²) in [5, 5.41) is 6.00. The Kier molecular flexibility index (Phi) is 7.36. The second-order valence-corrected chi connectivity index (χ2v) is 9.83. The molecule has 2 aromatic rings. The van der Waals surface area contributed by atoms with E-state index in [0.717, 1.165) is 31.4 Å². The average Bonchev–Trinajstić information content (AvgIpc) is 3.75. The number of piperazine rings is 1. The first-order valence-corrected chi connectivity index (χ1v) is 12.8. The van der Waals surface area contributed by atoms with E-state index in [0.29, 0.717) is 75.4 Å². The largest absolute Gasteiger partial charge is 0.368 e. The zero-order valence-electron chi connectivity index (χ0n) is 20.6. The molecule has 0 bridgehead atoms. The van der Waals surface area contributed by atoms with Gasteiger partial charge in [-0.15, -0.1) is 0 Å². The monoisotopic (exact) mass is 511 g/mol. The van der Waals surface area contributed by atoms with E-state index < -0.39 is 17.5 Å². The van der Waals surface area contributed by atoms with Crippen molar-refractivity contribution in [3.05, 3.63) is 59.2 Å². The lowest BCUT2D eigenvalue weighted by atomic mass is 10.1. The summed E-state index contributed by atoms with van der Waals surface area (Å²) in [6.45, 7) is 5.07. The van der Waals surface area contributed by atoms with Gasteiger partial charge in [0.25, 0.3) is 11.8 Å². The molecule has 5 rings (SSSR count). The van der Waals surface area contributed by atoms with Crippen LogP contribution in [0, 0.1) is 17.6 Å². The van der Waals surface area contributed by atoms with Crippen LogP contribution in [0.3, 0.4) is 0 Å². The molecular weight excluding hydrogens is 480 g/mol. The van der Waals surface area contributed by atoms with E-state index in [2.05, 4.69) is 15.5 Å². The molecule has 1 aliphatic carbocycles. The van der Waals surface area contributed by atoms with Crippen molar-refractivity contribution in [2.24, 2.45) is 5.92 Å². The molecule has 2 aliphatic heterocycles. The number of rotatable bonds is 5. The summed E-state index contributed by atoms with van der Waals surface area (Å²) in [6.07, 6.45) is 2.68. The van der Waals surface area contributed by atoms with Crippen LogP contribution in [-0.4, -0.2) is 79.9 Å². The van der Waals surface area contributed by atoms with Gasteiger partial charge in [-0.25, -0.2) is 8.78 Å². The molecule has 2 N–H and O–H groups in total. The number of carbonyl (C=O) groups excluding carboxylic acids is 3. The van der Waals surface area contributed by atoms with Crippen molar-refractivity contribution in [2.75, 3.05) is 62.6 Å². The van der Waals surface area contributed by atoms with Crippen molar-refractivity contribution in [1.29, 1.82) is 0 Å². The molecule has 0 unspecified atom stereocenters. The number of benzene rings is 2. The van der Waals surface area contributed by atoms with Gasteiger partial charge in [0.05, 0.1) is 11.4 Å². The van der Waals surface area contributed by atoms with E-state index in [9.17, 15) is 23.2 Å². The quantitative estimate of drug-likeness (QED) is 0.645. The highest BCUT2D eigenvalue weighted by Crippen LogP contribution is 2.33. The van der Waals surface area contributed by atoms with E-state index in [1.807, 2.05) is 4.90 Å². The number of nitrogens with one attached hydrogen (secondary N) is 2. The molecule has 37 heavy (non-hydrogen) atoms. The van der Waals surface area contributed by atoms with E-state index in [1.54, 1.807) is 23.1 Å². The first kappa shape index (κ1) is 25.1. The standard InChI is InChI=1S/C27H31F2N5O3/c28-21-14-20(15-22(29)17-21)25(35)31-23-16-19(27(37)34-10-6-30-7-11-34)4-5-24(23)32-8-1-9-33(13-12-32)26(36)18-2-3-18/h4-5,14-18,30H,1-3,6-13H2,(H,31,35). The van der Waals surface area contributed by atoms with Gasteiger partial charge in [-0.05, 0) is 49.6 Å². The smallest absolute Gasteiger partial charge is 0.255 e. The van der Waals surface area contributed by atoms with Crippen molar-refractivity contribution in [3.63, 3.8) is 0 Å². The van der Waals surface area contributed by atoms with E-state index >= 15 is 0 Å². The summed E-state index contributed by atoms with van der Waals surface area (Å²) in [5.41, 5.74) is 1.35. The van der Waals surface area contributed by atoms with Crippen LogP contribution in [0.15, 0.2) is 36.4 Å². The molecule has 0 aromatic heterocycles. The lowest BCUT2D eigenvalue weighted by Crippen LogP contribution is -2.46. The van der Waals surface area contributed by atoms with Gasteiger partial charge >= 0.3 is 0 Å². The van der Waals surface area contributed by atoms with Crippen LogP contribution in [0.25, 0.3) is 0 Å². The van der Waals surface area contributed by atoms with Gasteiger partial charge in [-0.2, -0.15) is 0 Å². The molecule has 2 aromatic carbocycles. The molecule has 3 aliphatic rings. The highest BCUT2D eigenvalue weighted by Gasteiger charge is 2.34. The van der Waals surface area contributed by atoms with Gasteiger partial charge in [0.2, 0.25) is 5.91 Å². The molecule has 1 saturated carbocycles. The summed E-state index contributed by atoms with van der Waals surface area (Å²) in [5.74, 6) is -2.14. The fraction of sp³-hybridized carbons (Fsp3) is 0.444. The Balaban J connectivity index is 1.41. The van der Waals surface area contributed by atoms with Gasteiger partial charge in [0, 0.05) is 75.5 Å². The maximum Gasteiger partial charge on any atom is 0.255 e. The molecule has 2 saturated heterocycles. The second-order valence-electron chi connectivity index (χ2n) is 9.83. The third-order valence-electron chi connectivity index (χ3n) is 7.10. The zero-order chi connectivity index (χ0) is 25.9. The van der Waals surface area contributed by atoms with Gasteiger partial charge in [0.15, 0.2) is 0 Å². The normalized spacial score (nSPS) is 18.4. The highest BCUT2D eigenvalue weighted by molar-refractivity contribution is 6.07. The van der Waals surface area contributed by atoms with Crippen molar-refractivity contribution in [1.82, 2.24) is 15.1 Å². The Hall–Kier alpha value is -3.53. The molecule has 3 fully saturated rings. The van der Waals surface area contributed by atoms with E-state index in [1.165, 1.54) is 0 Å². The second kappa shape index (κ2) is 10.8. The number of carbonyl (C=O) groups is 3. The highest BCUT2D eigenvalue weighted by atomic mass is 19.1. The Morgan fingerprint density at radius 1 is 0.811 bits per heavy atom. The minimum Gasteiger partial charge on any atom is -0.368 e. The minimum absolute atomic E-state index is 0.141. The molecular formula is C27H31F2N5O3. The van der Waals surface area contributed by atoms with Crippen molar-refractivity contribution >= 4 is 29.1 Å². The van der Waals surface area contributed by atoms with Gasteiger partial charge in [-0.3, -0.25) is 14.4 Å². The number of nitrogens with zero attached hydrogens (tertiary/aromatic N) is 3. The molecule has 0 atom stereocenters. The van der Waals surface area contributed by atoms with Crippen LogP contribution in [0.1, 0.15) is 40.0 Å².